The van der Waals surface area contributed by atoms with Crippen molar-refractivity contribution in [2.24, 2.45) is 0 Å². The molecule has 2 aromatic rings. The summed E-state index contributed by atoms with van der Waals surface area (Å²) in [4.78, 5) is 2.73. The maximum absolute atomic E-state index is 5.69. The third-order valence-electron chi connectivity index (χ3n) is 6.50. The highest BCUT2D eigenvalue weighted by molar-refractivity contribution is 5.77. The first-order valence-corrected chi connectivity index (χ1v) is 10.3. The highest BCUT2D eigenvalue weighted by Gasteiger charge is 2.30. The van der Waals surface area contributed by atoms with Crippen LogP contribution in [0.4, 0.5) is 0 Å². The lowest BCUT2D eigenvalue weighted by Crippen LogP contribution is -2.41. The number of hydrogen-bond donors (Lipinski definition) is 0. The summed E-state index contributed by atoms with van der Waals surface area (Å²) in [7, 11) is 4.98. The van der Waals surface area contributed by atoms with Gasteiger partial charge in [0.2, 0.25) is 5.75 Å². The van der Waals surface area contributed by atoms with E-state index in [4.69, 9.17) is 14.2 Å². The fourth-order valence-corrected chi connectivity index (χ4v) is 5.01. The van der Waals surface area contributed by atoms with E-state index < -0.39 is 0 Å². The summed E-state index contributed by atoms with van der Waals surface area (Å²) in [6.45, 7) is 3.65. The van der Waals surface area contributed by atoms with Gasteiger partial charge in [0.1, 0.15) is 0 Å². The second-order valence-electron chi connectivity index (χ2n) is 7.99. The predicted molar refractivity (Wildman–Crippen MR) is 113 cm³/mol. The monoisotopic (exact) mass is 381 g/mol. The van der Waals surface area contributed by atoms with Gasteiger partial charge in [0, 0.05) is 17.6 Å². The van der Waals surface area contributed by atoms with Crippen LogP contribution in [0, 0.1) is 0 Å². The molecule has 0 N–H and O–H groups in total. The van der Waals surface area contributed by atoms with Crippen molar-refractivity contribution < 1.29 is 14.2 Å². The summed E-state index contributed by atoms with van der Waals surface area (Å²) in [5, 5.41) is 0. The molecular formula is C24H31NO3. The maximum atomic E-state index is 5.69. The van der Waals surface area contributed by atoms with Crippen LogP contribution in [0.1, 0.15) is 37.3 Å². The number of rotatable bonds is 5. The van der Waals surface area contributed by atoms with Crippen LogP contribution >= 0.6 is 0 Å². The fraction of sp³-hybridized carbons (Fsp3) is 0.500. The molecule has 1 aliphatic heterocycles. The standard InChI is InChI=1S/C24H31NO3/c1-16-6-5-13-25(16)20-10-9-17-14-19(8-7-18(17)15-20)21-11-12-22(26-2)24(28-4)23(21)27-3/h7-8,11-12,14,16,20H,5-6,9-10,13,15H2,1-4H3. The van der Waals surface area contributed by atoms with Crippen molar-refractivity contribution in [1.82, 2.24) is 4.90 Å². The molecule has 1 saturated heterocycles. The van der Waals surface area contributed by atoms with Gasteiger partial charge in [-0.1, -0.05) is 18.2 Å². The number of methoxy groups -OCH3 is 3. The Morgan fingerprint density at radius 3 is 2.39 bits per heavy atom. The summed E-state index contributed by atoms with van der Waals surface area (Å²) in [6, 6.07) is 12.3. The minimum Gasteiger partial charge on any atom is -0.493 e. The Morgan fingerprint density at radius 2 is 1.71 bits per heavy atom. The van der Waals surface area contributed by atoms with Gasteiger partial charge in [-0.2, -0.15) is 0 Å². The van der Waals surface area contributed by atoms with Gasteiger partial charge < -0.3 is 14.2 Å². The van der Waals surface area contributed by atoms with Crippen molar-refractivity contribution >= 4 is 0 Å². The quantitative estimate of drug-likeness (QED) is 0.750. The van der Waals surface area contributed by atoms with Crippen LogP contribution in [0.2, 0.25) is 0 Å². The Labute approximate surface area is 168 Å². The van der Waals surface area contributed by atoms with Gasteiger partial charge >= 0.3 is 0 Å². The molecule has 0 aromatic heterocycles. The van der Waals surface area contributed by atoms with Gasteiger partial charge in [-0.25, -0.2) is 0 Å². The highest BCUT2D eigenvalue weighted by Crippen LogP contribution is 2.45. The summed E-state index contributed by atoms with van der Waals surface area (Å²) in [6.07, 6.45) is 6.27. The third kappa shape index (κ3) is 3.35. The molecule has 0 radical (unpaired) electrons. The van der Waals surface area contributed by atoms with E-state index in [0.29, 0.717) is 17.5 Å². The summed E-state index contributed by atoms with van der Waals surface area (Å²) in [5.41, 5.74) is 5.18. The van der Waals surface area contributed by atoms with Gasteiger partial charge in [-0.05, 0) is 74.4 Å². The van der Waals surface area contributed by atoms with Crippen molar-refractivity contribution in [1.29, 1.82) is 0 Å². The number of aryl methyl sites for hydroxylation is 1. The molecule has 0 saturated carbocycles. The smallest absolute Gasteiger partial charge is 0.203 e. The van der Waals surface area contributed by atoms with E-state index in [9.17, 15) is 0 Å². The number of likely N-dealkylation sites (tertiary alicyclic amines) is 1. The third-order valence-corrected chi connectivity index (χ3v) is 6.50. The lowest BCUT2D eigenvalue weighted by atomic mass is 9.85. The summed E-state index contributed by atoms with van der Waals surface area (Å²) < 4.78 is 16.7. The van der Waals surface area contributed by atoms with Crippen LogP contribution in [-0.2, 0) is 12.8 Å². The van der Waals surface area contributed by atoms with Gasteiger partial charge in [-0.3, -0.25) is 4.90 Å². The van der Waals surface area contributed by atoms with Crippen molar-refractivity contribution in [3.05, 3.63) is 41.5 Å². The van der Waals surface area contributed by atoms with Gasteiger partial charge in [0.25, 0.3) is 0 Å². The second kappa shape index (κ2) is 8.04. The molecule has 2 aromatic carbocycles. The van der Waals surface area contributed by atoms with Crippen LogP contribution in [0.5, 0.6) is 17.2 Å². The first kappa shape index (κ1) is 19.1. The molecule has 2 unspecified atom stereocenters. The Balaban J connectivity index is 1.64. The van der Waals surface area contributed by atoms with Crippen LogP contribution in [-0.4, -0.2) is 44.9 Å². The molecule has 4 nitrogen and oxygen atoms in total. The average Bonchev–Trinajstić information content (AvgIpc) is 3.17. The second-order valence-corrected chi connectivity index (χ2v) is 7.99. The highest BCUT2D eigenvalue weighted by atomic mass is 16.5. The van der Waals surface area contributed by atoms with E-state index in [2.05, 4.69) is 36.1 Å². The first-order valence-electron chi connectivity index (χ1n) is 10.3. The molecule has 28 heavy (non-hydrogen) atoms. The van der Waals surface area contributed by atoms with Crippen LogP contribution in [0.3, 0.4) is 0 Å². The average molecular weight is 382 g/mol. The zero-order valence-electron chi connectivity index (χ0n) is 17.5. The molecule has 2 atom stereocenters. The molecule has 1 fully saturated rings. The summed E-state index contributed by atoms with van der Waals surface area (Å²) in [5.74, 6) is 2.05. The van der Waals surface area contributed by atoms with E-state index >= 15 is 0 Å². The molecule has 0 bridgehead atoms. The fourth-order valence-electron chi connectivity index (χ4n) is 5.01. The van der Waals surface area contributed by atoms with Crippen molar-refractivity contribution in [2.75, 3.05) is 27.9 Å². The SMILES string of the molecule is COc1ccc(-c2ccc3c(c2)CCC(N2CCCC2C)C3)c(OC)c1OC. The van der Waals surface area contributed by atoms with Crippen molar-refractivity contribution in [3.63, 3.8) is 0 Å². The van der Waals surface area contributed by atoms with Gasteiger partial charge in [0.05, 0.1) is 21.3 Å². The number of hydrogen-bond acceptors (Lipinski definition) is 4. The zero-order chi connectivity index (χ0) is 19.7. The Kier molecular flexibility index (Phi) is 5.49. The maximum Gasteiger partial charge on any atom is 0.203 e. The lowest BCUT2D eigenvalue weighted by Gasteiger charge is -2.35. The Bertz CT molecular complexity index is 848. The van der Waals surface area contributed by atoms with Crippen molar-refractivity contribution in [2.45, 2.75) is 51.1 Å². The normalized spacial score (nSPS) is 22.0. The van der Waals surface area contributed by atoms with Crippen LogP contribution in [0.15, 0.2) is 30.3 Å². The Hall–Kier alpha value is -2.20. The van der Waals surface area contributed by atoms with Gasteiger partial charge in [-0.15, -0.1) is 0 Å². The Morgan fingerprint density at radius 1 is 0.893 bits per heavy atom. The van der Waals surface area contributed by atoms with Gasteiger partial charge in [0.15, 0.2) is 11.5 Å². The number of fused-ring (bicyclic) bond motifs is 1. The molecule has 2 aliphatic rings. The summed E-state index contributed by atoms with van der Waals surface area (Å²) >= 11 is 0. The molecule has 4 rings (SSSR count). The molecule has 0 spiro atoms. The number of ether oxygens (including phenoxy) is 3. The van der Waals surface area contributed by atoms with Crippen molar-refractivity contribution in [3.8, 4) is 28.4 Å². The minimum atomic E-state index is 0.642. The van der Waals surface area contributed by atoms with E-state index in [1.807, 2.05) is 6.07 Å². The topological polar surface area (TPSA) is 30.9 Å². The van der Waals surface area contributed by atoms with Crippen LogP contribution in [0.25, 0.3) is 11.1 Å². The largest absolute Gasteiger partial charge is 0.493 e. The molecule has 1 aliphatic carbocycles. The molecule has 150 valence electrons. The molecule has 4 heteroatoms. The predicted octanol–water partition coefficient (Wildman–Crippen LogP) is 4.72. The van der Waals surface area contributed by atoms with E-state index in [1.165, 1.54) is 48.9 Å². The van der Waals surface area contributed by atoms with E-state index in [-0.39, 0.29) is 0 Å². The van der Waals surface area contributed by atoms with E-state index in [1.54, 1.807) is 21.3 Å². The number of benzene rings is 2. The lowest BCUT2D eigenvalue weighted by molar-refractivity contribution is 0.174. The van der Waals surface area contributed by atoms with Crippen LogP contribution < -0.4 is 14.2 Å². The molecule has 0 amide bonds. The zero-order valence-corrected chi connectivity index (χ0v) is 17.5. The van der Waals surface area contributed by atoms with E-state index in [0.717, 1.165) is 23.8 Å². The first-order chi connectivity index (χ1) is 13.7. The number of nitrogens with zero attached hydrogens (tertiary/aromatic N) is 1. The molecular weight excluding hydrogens is 350 g/mol. The molecule has 1 heterocycles. The minimum absolute atomic E-state index is 0.642.